The Bertz CT molecular complexity index is 411. The normalized spacial score (nSPS) is 14.5. The second-order valence-electron chi connectivity index (χ2n) is 3.96. The average molecular weight is 290 g/mol. The van der Waals surface area contributed by atoms with Crippen LogP contribution in [-0.2, 0) is 10.2 Å². The first-order chi connectivity index (χ1) is 7.39. The van der Waals surface area contributed by atoms with E-state index < -0.39 is 17.2 Å². The zero-order valence-corrected chi connectivity index (χ0v) is 10.4. The van der Waals surface area contributed by atoms with Crippen molar-refractivity contribution >= 4 is 21.9 Å². The van der Waals surface area contributed by atoms with Gasteiger partial charge in [0.05, 0.1) is 6.42 Å². The predicted octanol–water partition coefficient (Wildman–Crippen LogP) is 2.28. The molecule has 0 bridgehead atoms. The first-order valence-corrected chi connectivity index (χ1v) is 5.56. The van der Waals surface area contributed by atoms with Gasteiger partial charge in [-0.15, -0.1) is 0 Å². The summed E-state index contributed by atoms with van der Waals surface area (Å²) in [5, 5.41) is 8.81. The smallest absolute Gasteiger partial charge is 0.304 e. The average Bonchev–Trinajstić information content (AvgIpc) is 2.20. The molecule has 0 heterocycles. The van der Waals surface area contributed by atoms with E-state index in [2.05, 4.69) is 15.9 Å². The number of nitrogens with two attached hydrogens (primary N) is 1. The van der Waals surface area contributed by atoms with Crippen molar-refractivity contribution in [1.82, 2.24) is 0 Å². The van der Waals surface area contributed by atoms with E-state index in [4.69, 9.17) is 10.8 Å². The van der Waals surface area contributed by atoms with Crippen LogP contribution in [0.4, 0.5) is 4.39 Å². The molecule has 0 aliphatic carbocycles. The summed E-state index contributed by atoms with van der Waals surface area (Å²) in [6.45, 7) is 1.72. The van der Waals surface area contributed by atoms with Gasteiger partial charge in [0.2, 0.25) is 0 Å². The SMILES string of the molecule is CC(CN)(CC(=O)O)c1cc(Br)ccc1F. The van der Waals surface area contributed by atoms with Gasteiger partial charge in [0, 0.05) is 16.4 Å². The second-order valence-corrected chi connectivity index (χ2v) is 4.88. The minimum Gasteiger partial charge on any atom is -0.481 e. The van der Waals surface area contributed by atoms with Gasteiger partial charge in [-0.2, -0.15) is 0 Å². The molecule has 0 saturated heterocycles. The molecule has 0 spiro atoms. The number of hydrogen-bond acceptors (Lipinski definition) is 2. The summed E-state index contributed by atoms with van der Waals surface area (Å²) in [6.07, 6.45) is -0.198. The fourth-order valence-corrected chi connectivity index (χ4v) is 1.93. The Morgan fingerprint density at radius 1 is 1.62 bits per heavy atom. The summed E-state index contributed by atoms with van der Waals surface area (Å²) in [7, 11) is 0. The lowest BCUT2D eigenvalue weighted by Gasteiger charge is -2.27. The Balaban J connectivity index is 3.21. The van der Waals surface area contributed by atoms with Gasteiger partial charge in [0.1, 0.15) is 5.82 Å². The predicted molar refractivity (Wildman–Crippen MR) is 62.8 cm³/mol. The van der Waals surface area contributed by atoms with Crippen LogP contribution in [0, 0.1) is 5.82 Å². The summed E-state index contributed by atoms with van der Waals surface area (Å²) in [5.74, 6) is -1.43. The maximum atomic E-state index is 13.6. The van der Waals surface area contributed by atoms with Crippen LogP contribution in [0.2, 0.25) is 0 Å². The minimum absolute atomic E-state index is 0.0761. The van der Waals surface area contributed by atoms with E-state index in [0.29, 0.717) is 10.0 Å². The second kappa shape index (κ2) is 4.93. The summed E-state index contributed by atoms with van der Waals surface area (Å²) in [4.78, 5) is 10.8. The Kier molecular flexibility index (Phi) is 4.04. The molecule has 88 valence electrons. The van der Waals surface area contributed by atoms with Crippen LogP contribution in [0.15, 0.2) is 22.7 Å². The van der Waals surface area contributed by atoms with E-state index in [9.17, 15) is 9.18 Å². The molecule has 1 aromatic rings. The van der Waals surface area contributed by atoms with Crippen LogP contribution < -0.4 is 5.73 Å². The molecule has 1 rings (SSSR count). The molecular formula is C11H13BrFNO2. The van der Waals surface area contributed by atoms with Crippen LogP contribution in [0.5, 0.6) is 0 Å². The maximum absolute atomic E-state index is 13.6. The fourth-order valence-electron chi connectivity index (χ4n) is 1.57. The number of halogens is 2. The van der Waals surface area contributed by atoms with Crippen molar-refractivity contribution < 1.29 is 14.3 Å². The molecule has 5 heteroatoms. The van der Waals surface area contributed by atoms with Gasteiger partial charge < -0.3 is 10.8 Å². The molecule has 1 unspecified atom stereocenters. The molecule has 0 aliphatic rings. The Morgan fingerprint density at radius 2 is 2.25 bits per heavy atom. The third kappa shape index (κ3) is 2.80. The molecule has 1 atom stereocenters. The molecule has 0 radical (unpaired) electrons. The van der Waals surface area contributed by atoms with Gasteiger partial charge in [-0.25, -0.2) is 4.39 Å². The molecule has 0 fully saturated rings. The zero-order valence-electron chi connectivity index (χ0n) is 8.84. The lowest BCUT2D eigenvalue weighted by Crippen LogP contribution is -2.35. The summed E-state index contributed by atoms with van der Waals surface area (Å²) in [5.41, 5.74) is 5.00. The van der Waals surface area contributed by atoms with Crippen molar-refractivity contribution in [3.8, 4) is 0 Å². The van der Waals surface area contributed by atoms with Crippen LogP contribution in [0.3, 0.4) is 0 Å². The quantitative estimate of drug-likeness (QED) is 0.894. The summed E-state index contributed by atoms with van der Waals surface area (Å²) >= 11 is 3.23. The monoisotopic (exact) mass is 289 g/mol. The molecule has 1 aromatic carbocycles. The van der Waals surface area contributed by atoms with E-state index in [-0.39, 0.29) is 13.0 Å². The van der Waals surface area contributed by atoms with Crippen molar-refractivity contribution in [2.24, 2.45) is 5.73 Å². The van der Waals surface area contributed by atoms with Gasteiger partial charge in [0.15, 0.2) is 0 Å². The number of hydrogen-bond donors (Lipinski definition) is 2. The number of carbonyl (C=O) groups is 1. The fraction of sp³-hybridized carbons (Fsp3) is 0.364. The van der Waals surface area contributed by atoms with Crippen molar-refractivity contribution in [1.29, 1.82) is 0 Å². The molecule has 0 aliphatic heterocycles. The number of benzene rings is 1. The third-order valence-electron chi connectivity index (χ3n) is 2.57. The number of rotatable bonds is 4. The standard InChI is InChI=1S/C11H13BrFNO2/c1-11(6-14,5-10(15)16)8-4-7(12)2-3-9(8)13/h2-4H,5-6,14H2,1H3,(H,15,16). The topological polar surface area (TPSA) is 63.3 Å². The third-order valence-corrected chi connectivity index (χ3v) is 3.06. The van der Waals surface area contributed by atoms with E-state index in [1.165, 1.54) is 6.07 Å². The van der Waals surface area contributed by atoms with E-state index in [1.807, 2.05) is 0 Å². The Hall–Kier alpha value is -0.940. The van der Waals surface area contributed by atoms with Gasteiger partial charge in [-0.1, -0.05) is 22.9 Å². The highest BCUT2D eigenvalue weighted by atomic mass is 79.9. The molecule has 0 aromatic heterocycles. The van der Waals surface area contributed by atoms with E-state index in [0.717, 1.165) is 0 Å². The molecule has 3 N–H and O–H groups in total. The van der Waals surface area contributed by atoms with E-state index in [1.54, 1.807) is 19.1 Å². The van der Waals surface area contributed by atoms with Crippen molar-refractivity contribution in [2.75, 3.05) is 6.54 Å². The highest BCUT2D eigenvalue weighted by molar-refractivity contribution is 9.10. The first kappa shape index (κ1) is 13.1. The lowest BCUT2D eigenvalue weighted by atomic mass is 9.79. The summed E-state index contributed by atoms with van der Waals surface area (Å²) in [6, 6.07) is 4.44. The van der Waals surface area contributed by atoms with Crippen molar-refractivity contribution in [2.45, 2.75) is 18.8 Å². The first-order valence-electron chi connectivity index (χ1n) is 4.76. The van der Waals surface area contributed by atoms with Crippen LogP contribution in [0.1, 0.15) is 18.9 Å². The number of carboxylic acid groups (broad SMARTS) is 1. The van der Waals surface area contributed by atoms with Crippen LogP contribution in [0.25, 0.3) is 0 Å². The summed E-state index contributed by atoms with van der Waals surface area (Å²) < 4.78 is 14.3. The lowest BCUT2D eigenvalue weighted by molar-refractivity contribution is -0.138. The molecular weight excluding hydrogens is 277 g/mol. The van der Waals surface area contributed by atoms with Crippen molar-refractivity contribution in [3.63, 3.8) is 0 Å². The molecule has 0 saturated carbocycles. The molecule has 3 nitrogen and oxygen atoms in total. The van der Waals surface area contributed by atoms with E-state index >= 15 is 0 Å². The van der Waals surface area contributed by atoms with Gasteiger partial charge in [-0.3, -0.25) is 4.79 Å². The number of carboxylic acids is 1. The number of aliphatic carboxylic acids is 1. The Morgan fingerprint density at radius 3 is 2.75 bits per heavy atom. The zero-order chi connectivity index (χ0) is 12.3. The molecule has 16 heavy (non-hydrogen) atoms. The minimum atomic E-state index is -0.993. The largest absolute Gasteiger partial charge is 0.481 e. The molecule has 0 amide bonds. The Labute approximate surface area is 102 Å². The van der Waals surface area contributed by atoms with Crippen molar-refractivity contribution in [3.05, 3.63) is 34.1 Å². The van der Waals surface area contributed by atoms with Crippen LogP contribution in [-0.4, -0.2) is 17.6 Å². The van der Waals surface area contributed by atoms with Gasteiger partial charge >= 0.3 is 5.97 Å². The highest BCUT2D eigenvalue weighted by Gasteiger charge is 2.31. The van der Waals surface area contributed by atoms with Gasteiger partial charge in [0.25, 0.3) is 0 Å². The highest BCUT2D eigenvalue weighted by Crippen LogP contribution is 2.30. The van der Waals surface area contributed by atoms with Gasteiger partial charge in [-0.05, 0) is 23.8 Å². The van der Waals surface area contributed by atoms with Crippen LogP contribution >= 0.6 is 15.9 Å². The maximum Gasteiger partial charge on any atom is 0.304 e.